The van der Waals surface area contributed by atoms with Crippen LogP contribution in [0.2, 0.25) is 0 Å². The summed E-state index contributed by atoms with van der Waals surface area (Å²) >= 11 is 0. The van der Waals surface area contributed by atoms with Crippen molar-refractivity contribution in [3.05, 3.63) is 59.7 Å². The van der Waals surface area contributed by atoms with Crippen molar-refractivity contribution in [1.82, 2.24) is 29.9 Å². The van der Waals surface area contributed by atoms with Crippen molar-refractivity contribution in [2.75, 3.05) is 25.9 Å². The topological polar surface area (TPSA) is 118 Å². The highest BCUT2D eigenvalue weighted by Gasteiger charge is 2.29. The van der Waals surface area contributed by atoms with Gasteiger partial charge in [0.25, 0.3) is 11.8 Å². The summed E-state index contributed by atoms with van der Waals surface area (Å²) in [6.45, 7) is 2.11. The van der Waals surface area contributed by atoms with Gasteiger partial charge in [0.15, 0.2) is 0 Å². The van der Waals surface area contributed by atoms with Gasteiger partial charge in [-0.1, -0.05) is 18.6 Å². The number of nitrogens with zero attached hydrogens (tertiary/aromatic N) is 4. The Balaban J connectivity index is 1.26. The molecular formula is C26H33N7O2. The van der Waals surface area contributed by atoms with Crippen LogP contribution in [0.25, 0.3) is 5.65 Å². The minimum absolute atomic E-state index is 0.149. The Morgan fingerprint density at radius 2 is 2.03 bits per heavy atom. The normalized spacial score (nSPS) is 21.9. The lowest BCUT2D eigenvalue weighted by Crippen LogP contribution is -2.34. The molecule has 5 rings (SSSR count). The van der Waals surface area contributed by atoms with Gasteiger partial charge in [-0.3, -0.25) is 14.0 Å². The lowest BCUT2D eigenvalue weighted by molar-refractivity contribution is 0.0777. The van der Waals surface area contributed by atoms with Crippen LogP contribution >= 0.6 is 0 Å². The number of amides is 2. The summed E-state index contributed by atoms with van der Waals surface area (Å²) in [6.07, 6.45) is 7.66. The number of hydrogen-bond donors (Lipinski definition) is 3. The molecule has 0 aromatic carbocycles. The number of nitrogens with two attached hydrogens (primary N) is 1. The maximum atomic E-state index is 13.1. The van der Waals surface area contributed by atoms with E-state index in [1.54, 1.807) is 46.8 Å². The first-order valence-corrected chi connectivity index (χ1v) is 12.4. The molecule has 1 saturated carbocycles. The molecule has 3 aromatic heterocycles. The number of hydrogen-bond acceptors (Lipinski definition) is 6. The van der Waals surface area contributed by atoms with Gasteiger partial charge in [0.2, 0.25) is 0 Å². The number of anilines is 1. The quantitative estimate of drug-likeness (QED) is 0.504. The standard InChI is InChI=1S/C26H33N7O2/c1-32(15-19-7-3-9-23(27)30-19)26(35)21-16-33-22(8-4-10-24(33)31-21)25(34)29-14-18-6-2-5-17-11-20(12-18)28-13-17/h3-4,7-10,16-18,20,28H,2,5-6,11-15H2,1H3,(H2,27,30)(H,29,34). The van der Waals surface area contributed by atoms with Gasteiger partial charge in [0.1, 0.15) is 22.9 Å². The van der Waals surface area contributed by atoms with E-state index >= 15 is 0 Å². The second kappa shape index (κ2) is 10.0. The number of carbonyl (C=O) groups is 2. The van der Waals surface area contributed by atoms with Crippen LogP contribution in [0.5, 0.6) is 0 Å². The molecule has 3 atom stereocenters. The monoisotopic (exact) mass is 475 g/mol. The molecule has 0 spiro atoms. The number of pyridine rings is 2. The van der Waals surface area contributed by atoms with Crippen LogP contribution in [0, 0.1) is 11.8 Å². The Bertz CT molecular complexity index is 1220. The minimum atomic E-state index is -0.249. The molecule has 2 amide bonds. The highest BCUT2D eigenvalue weighted by molar-refractivity contribution is 5.95. The Hall–Kier alpha value is -3.46. The largest absolute Gasteiger partial charge is 0.384 e. The second-order valence-electron chi connectivity index (χ2n) is 9.93. The zero-order chi connectivity index (χ0) is 24.4. The number of imidazole rings is 1. The molecule has 2 bridgehead atoms. The highest BCUT2D eigenvalue weighted by atomic mass is 16.2. The predicted molar refractivity (Wildman–Crippen MR) is 134 cm³/mol. The van der Waals surface area contributed by atoms with E-state index in [1.165, 1.54) is 19.3 Å². The van der Waals surface area contributed by atoms with Crippen LogP contribution < -0.4 is 16.4 Å². The molecule has 0 radical (unpaired) electrons. The van der Waals surface area contributed by atoms with Gasteiger partial charge in [-0.2, -0.15) is 0 Å². The molecule has 2 fully saturated rings. The Kier molecular flexibility index (Phi) is 6.68. The number of aromatic nitrogens is 3. The summed E-state index contributed by atoms with van der Waals surface area (Å²) < 4.78 is 1.69. The summed E-state index contributed by atoms with van der Waals surface area (Å²) in [4.78, 5) is 36.4. The van der Waals surface area contributed by atoms with E-state index in [0.717, 1.165) is 25.3 Å². The molecule has 9 heteroatoms. The molecule has 2 aliphatic rings. The third kappa shape index (κ3) is 5.30. The third-order valence-electron chi connectivity index (χ3n) is 7.23. The molecule has 4 heterocycles. The number of carbonyl (C=O) groups excluding carboxylic acids is 2. The predicted octanol–water partition coefficient (Wildman–Crippen LogP) is 2.48. The number of nitrogen functional groups attached to an aromatic ring is 1. The van der Waals surface area contributed by atoms with Gasteiger partial charge in [-0.15, -0.1) is 0 Å². The van der Waals surface area contributed by atoms with Gasteiger partial charge in [0.05, 0.1) is 12.2 Å². The van der Waals surface area contributed by atoms with E-state index in [4.69, 9.17) is 5.73 Å². The number of rotatable bonds is 6. The van der Waals surface area contributed by atoms with Crippen LogP contribution in [0.1, 0.15) is 58.8 Å². The second-order valence-corrected chi connectivity index (χ2v) is 9.93. The molecule has 35 heavy (non-hydrogen) atoms. The van der Waals surface area contributed by atoms with Crippen molar-refractivity contribution >= 4 is 23.3 Å². The van der Waals surface area contributed by atoms with Crippen molar-refractivity contribution in [2.24, 2.45) is 11.8 Å². The minimum Gasteiger partial charge on any atom is -0.384 e. The molecule has 9 nitrogen and oxygen atoms in total. The molecule has 1 aliphatic carbocycles. The lowest BCUT2D eigenvalue weighted by atomic mass is 9.86. The fourth-order valence-electron chi connectivity index (χ4n) is 5.43. The lowest BCUT2D eigenvalue weighted by Gasteiger charge is -2.24. The molecule has 3 aromatic rings. The van der Waals surface area contributed by atoms with Crippen molar-refractivity contribution < 1.29 is 9.59 Å². The SMILES string of the molecule is CN(Cc1cccc(N)n1)C(=O)c1cn2c(C(=O)NCC3CCCC4CNC(C3)C4)cccc2n1. The molecule has 3 unspecified atom stereocenters. The zero-order valence-electron chi connectivity index (χ0n) is 20.1. The number of fused-ring (bicyclic) bond motifs is 3. The average molecular weight is 476 g/mol. The van der Waals surface area contributed by atoms with Gasteiger partial charge >= 0.3 is 0 Å². The molecule has 1 saturated heterocycles. The van der Waals surface area contributed by atoms with E-state index < -0.39 is 0 Å². The van der Waals surface area contributed by atoms with Crippen molar-refractivity contribution in [2.45, 2.75) is 44.7 Å². The van der Waals surface area contributed by atoms with Gasteiger partial charge < -0.3 is 21.3 Å². The Morgan fingerprint density at radius 1 is 1.17 bits per heavy atom. The van der Waals surface area contributed by atoms with Crippen molar-refractivity contribution in [3.8, 4) is 0 Å². The van der Waals surface area contributed by atoms with E-state index in [9.17, 15) is 9.59 Å². The van der Waals surface area contributed by atoms with Crippen LogP contribution in [-0.2, 0) is 6.54 Å². The summed E-state index contributed by atoms with van der Waals surface area (Å²) in [5.41, 5.74) is 7.75. The average Bonchev–Trinajstić information content (AvgIpc) is 3.48. The summed E-state index contributed by atoms with van der Waals surface area (Å²) in [6, 6.07) is 11.3. The molecular weight excluding hydrogens is 442 g/mol. The van der Waals surface area contributed by atoms with Gasteiger partial charge in [-0.25, -0.2) is 9.97 Å². The van der Waals surface area contributed by atoms with Crippen molar-refractivity contribution in [1.29, 1.82) is 0 Å². The summed E-state index contributed by atoms with van der Waals surface area (Å²) in [5.74, 6) is 1.32. The first-order valence-electron chi connectivity index (χ1n) is 12.4. The van der Waals surface area contributed by atoms with E-state index in [2.05, 4.69) is 20.6 Å². The van der Waals surface area contributed by atoms with E-state index in [-0.39, 0.29) is 17.5 Å². The first-order chi connectivity index (χ1) is 17.0. The zero-order valence-corrected chi connectivity index (χ0v) is 20.1. The molecule has 184 valence electrons. The molecule has 4 N–H and O–H groups in total. The van der Waals surface area contributed by atoms with Crippen LogP contribution in [-0.4, -0.2) is 57.3 Å². The van der Waals surface area contributed by atoms with E-state index in [1.807, 2.05) is 12.1 Å². The fraction of sp³-hybridized carbons (Fsp3) is 0.462. The smallest absolute Gasteiger partial charge is 0.274 e. The Morgan fingerprint density at radius 3 is 2.89 bits per heavy atom. The van der Waals surface area contributed by atoms with Crippen LogP contribution in [0.15, 0.2) is 42.6 Å². The summed E-state index contributed by atoms with van der Waals surface area (Å²) in [7, 11) is 1.70. The fourth-order valence-corrected chi connectivity index (χ4v) is 5.43. The maximum Gasteiger partial charge on any atom is 0.274 e. The third-order valence-corrected chi connectivity index (χ3v) is 7.23. The van der Waals surface area contributed by atoms with E-state index in [0.29, 0.717) is 47.9 Å². The molecule has 1 aliphatic heterocycles. The maximum absolute atomic E-state index is 13.1. The van der Waals surface area contributed by atoms with Gasteiger partial charge in [0, 0.05) is 25.8 Å². The highest BCUT2D eigenvalue weighted by Crippen LogP contribution is 2.29. The van der Waals surface area contributed by atoms with Crippen molar-refractivity contribution in [3.63, 3.8) is 0 Å². The first kappa shape index (κ1) is 23.3. The van der Waals surface area contributed by atoms with Crippen LogP contribution in [0.3, 0.4) is 0 Å². The van der Waals surface area contributed by atoms with Gasteiger partial charge in [-0.05, 0) is 68.3 Å². The summed E-state index contributed by atoms with van der Waals surface area (Å²) in [5, 5.41) is 6.78. The van der Waals surface area contributed by atoms with Crippen LogP contribution in [0.4, 0.5) is 5.82 Å². The Labute approximate surface area is 205 Å². The number of nitrogens with one attached hydrogen (secondary N) is 2.